The highest BCUT2D eigenvalue weighted by molar-refractivity contribution is 6.05. The smallest absolute Gasteiger partial charge is 0.278 e. The van der Waals surface area contributed by atoms with Crippen LogP contribution >= 0.6 is 0 Å². The second-order valence-corrected chi connectivity index (χ2v) is 7.38. The Morgan fingerprint density at radius 3 is 2.74 bits per heavy atom. The van der Waals surface area contributed by atoms with Crippen molar-refractivity contribution < 1.29 is 14.0 Å². The summed E-state index contributed by atoms with van der Waals surface area (Å²) in [5, 5.41) is 6.76. The number of benzene rings is 2. The number of fused-ring (bicyclic) bond motifs is 1. The van der Waals surface area contributed by atoms with Gasteiger partial charge in [0.05, 0.1) is 6.54 Å². The molecule has 8 heteroatoms. The van der Waals surface area contributed by atoms with E-state index < -0.39 is 11.4 Å². The fraction of sp³-hybridized carbons (Fsp3) is 0.217. The van der Waals surface area contributed by atoms with Gasteiger partial charge in [0.1, 0.15) is 11.5 Å². The number of nitrogens with zero attached hydrogens (tertiary/aromatic N) is 3. The third-order valence-corrected chi connectivity index (χ3v) is 5.22. The van der Waals surface area contributed by atoms with Gasteiger partial charge in [-0.15, -0.1) is 0 Å². The summed E-state index contributed by atoms with van der Waals surface area (Å²) in [4.78, 5) is 39.0. The van der Waals surface area contributed by atoms with Crippen LogP contribution in [0.1, 0.15) is 28.0 Å². The first-order valence-electron chi connectivity index (χ1n) is 9.96. The second kappa shape index (κ2) is 8.51. The largest absolute Gasteiger partial charge is 0.326 e. The molecule has 4 rings (SSSR count). The lowest BCUT2D eigenvalue weighted by Gasteiger charge is -2.17. The Kier molecular flexibility index (Phi) is 5.62. The van der Waals surface area contributed by atoms with Crippen LogP contribution in [0.25, 0.3) is 0 Å². The molecule has 7 nitrogen and oxygen atoms in total. The molecule has 0 saturated carbocycles. The van der Waals surface area contributed by atoms with Gasteiger partial charge in [-0.25, -0.2) is 9.07 Å². The van der Waals surface area contributed by atoms with Crippen molar-refractivity contribution in [3.63, 3.8) is 0 Å². The van der Waals surface area contributed by atoms with Gasteiger partial charge in [0.25, 0.3) is 11.5 Å². The SMILES string of the molecule is Cc1ccc(NC(=O)CCn2nc(C(=O)N3CCc4ccccc43)ccc2=O)cc1F. The van der Waals surface area contributed by atoms with Gasteiger partial charge in [0.2, 0.25) is 5.91 Å². The summed E-state index contributed by atoms with van der Waals surface area (Å²) in [6.07, 6.45) is 0.716. The fourth-order valence-electron chi connectivity index (χ4n) is 3.51. The van der Waals surface area contributed by atoms with Crippen LogP contribution in [-0.4, -0.2) is 28.1 Å². The summed E-state index contributed by atoms with van der Waals surface area (Å²) >= 11 is 0. The first kappa shape index (κ1) is 20.5. The molecule has 1 aromatic heterocycles. The standard InChI is InChI=1S/C23H21FN4O3/c1-15-6-7-17(14-18(15)24)25-21(29)11-13-28-22(30)9-8-19(26-28)23(31)27-12-10-16-4-2-3-5-20(16)27/h2-9,14H,10-13H2,1H3,(H,25,29). The number of anilines is 2. The van der Waals surface area contributed by atoms with Crippen LogP contribution < -0.4 is 15.8 Å². The number of hydrogen-bond acceptors (Lipinski definition) is 4. The van der Waals surface area contributed by atoms with Gasteiger partial charge >= 0.3 is 0 Å². The molecule has 2 amide bonds. The maximum absolute atomic E-state index is 13.6. The van der Waals surface area contributed by atoms with E-state index in [-0.39, 0.29) is 30.5 Å². The number of carbonyl (C=O) groups is 2. The highest BCUT2D eigenvalue weighted by Crippen LogP contribution is 2.28. The molecule has 1 aliphatic heterocycles. The predicted molar refractivity (Wildman–Crippen MR) is 115 cm³/mol. The Labute approximate surface area is 178 Å². The number of rotatable bonds is 5. The topological polar surface area (TPSA) is 84.3 Å². The lowest BCUT2D eigenvalue weighted by atomic mass is 10.2. The lowest BCUT2D eigenvalue weighted by Crippen LogP contribution is -2.33. The molecule has 0 atom stereocenters. The van der Waals surface area contributed by atoms with E-state index in [0.717, 1.165) is 22.4 Å². The zero-order valence-corrected chi connectivity index (χ0v) is 17.0. The maximum Gasteiger partial charge on any atom is 0.278 e. The molecule has 0 aliphatic carbocycles. The molecule has 158 valence electrons. The fourth-order valence-corrected chi connectivity index (χ4v) is 3.51. The van der Waals surface area contributed by atoms with Crippen molar-refractivity contribution in [2.45, 2.75) is 26.3 Å². The van der Waals surface area contributed by atoms with Crippen molar-refractivity contribution in [1.82, 2.24) is 9.78 Å². The quantitative estimate of drug-likeness (QED) is 0.688. The van der Waals surface area contributed by atoms with Crippen molar-refractivity contribution in [3.05, 3.63) is 87.6 Å². The highest BCUT2D eigenvalue weighted by atomic mass is 19.1. The minimum absolute atomic E-state index is 0.00326. The molecule has 0 unspecified atom stereocenters. The summed E-state index contributed by atoms with van der Waals surface area (Å²) in [6.45, 7) is 2.18. The Morgan fingerprint density at radius 2 is 1.94 bits per heavy atom. The van der Waals surface area contributed by atoms with E-state index in [1.807, 2.05) is 24.3 Å². The van der Waals surface area contributed by atoms with Gasteiger partial charge in [0.15, 0.2) is 0 Å². The molecule has 1 aliphatic rings. The van der Waals surface area contributed by atoms with Crippen molar-refractivity contribution >= 4 is 23.2 Å². The van der Waals surface area contributed by atoms with Crippen LogP contribution in [0.2, 0.25) is 0 Å². The van der Waals surface area contributed by atoms with Gasteiger partial charge in [0, 0.05) is 30.4 Å². The molecular formula is C23H21FN4O3. The number of carbonyl (C=O) groups excluding carboxylic acids is 2. The normalized spacial score (nSPS) is 12.5. The number of aromatic nitrogens is 2. The molecule has 0 radical (unpaired) electrons. The number of amides is 2. The minimum atomic E-state index is -0.412. The number of aryl methyl sites for hydroxylation is 2. The lowest BCUT2D eigenvalue weighted by molar-refractivity contribution is -0.116. The van der Waals surface area contributed by atoms with E-state index >= 15 is 0 Å². The average molecular weight is 420 g/mol. The molecule has 2 heterocycles. The van der Waals surface area contributed by atoms with E-state index in [9.17, 15) is 18.8 Å². The van der Waals surface area contributed by atoms with Crippen LogP contribution in [0.4, 0.5) is 15.8 Å². The molecular weight excluding hydrogens is 399 g/mol. The third-order valence-electron chi connectivity index (χ3n) is 5.22. The third kappa shape index (κ3) is 4.37. The van der Waals surface area contributed by atoms with Crippen LogP contribution in [0, 0.1) is 12.7 Å². The molecule has 1 N–H and O–H groups in total. The Hall–Kier alpha value is -3.81. The first-order chi connectivity index (χ1) is 14.9. The van der Waals surface area contributed by atoms with Crippen LogP contribution in [0.15, 0.2) is 59.4 Å². The zero-order chi connectivity index (χ0) is 22.0. The summed E-state index contributed by atoms with van der Waals surface area (Å²) < 4.78 is 14.7. The van der Waals surface area contributed by atoms with Crippen LogP contribution in [-0.2, 0) is 17.8 Å². The van der Waals surface area contributed by atoms with E-state index in [2.05, 4.69) is 10.4 Å². The number of nitrogens with one attached hydrogen (secondary N) is 1. The van der Waals surface area contributed by atoms with Crippen molar-refractivity contribution in [1.29, 1.82) is 0 Å². The number of para-hydroxylation sites is 1. The first-order valence-corrected chi connectivity index (χ1v) is 9.96. The molecule has 3 aromatic rings. The Bertz CT molecular complexity index is 1220. The van der Waals surface area contributed by atoms with Crippen LogP contribution in [0.5, 0.6) is 0 Å². The Morgan fingerprint density at radius 1 is 1.13 bits per heavy atom. The molecule has 0 spiro atoms. The van der Waals surface area contributed by atoms with Crippen molar-refractivity contribution in [3.8, 4) is 0 Å². The average Bonchev–Trinajstić information content (AvgIpc) is 3.19. The van der Waals surface area contributed by atoms with Gasteiger partial charge in [-0.05, 0) is 48.7 Å². The van der Waals surface area contributed by atoms with E-state index in [4.69, 9.17) is 0 Å². The predicted octanol–water partition coefficient (Wildman–Crippen LogP) is 2.92. The number of hydrogen-bond donors (Lipinski definition) is 1. The minimum Gasteiger partial charge on any atom is -0.326 e. The van der Waals surface area contributed by atoms with Crippen LogP contribution in [0.3, 0.4) is 0 Å². The Balaban J connectivity index is 1.44. The van der Waals surface area contributed by atoms with Crippen molar-refractivity contribution in [2.75, 3.05) is 16.8 Å². The maximum atomic E-state index is 13.6. The molecule has 0 bridgehead atoms. The monoisotopic (exact) mass is 420 g/mol. The zero-order valence-electron chi connectivity index (χ0n) is 17.0. The summed E-state index contributed by atoms with van der Waals surface area (Å²) in [6, 6.07) is 14.8. The van der Waals surface area contributed by atoms with E-state index in [0.29, 0.717) is 17.8 Å². The summed E-state index contributed by atoms with van der Waals surface area (Å²) in [7, 11) is 0. The van der Waals surface area contributed by atoms with E-state index in [1.54, 1.807) is 24.0 Å². The van der Waals surface area contributed by atoms with Gasteiger partial charge in [-0.2, -0.15) is 5.10 Å². The second-order valence-electron chi connectivity index (χ2n) is 7.38. The summed E-state index contributed by atoms with van der Waals surface area (Å²) in [5.74, 6) is -1.09. The van der Waals surface area contributed by atoms with Gasteiger partial charge in [-0.3, -0.25) is 14.4 Å². The van der Waals surface area contributed by atoms with E-state index in [1.165, 1.54) is 18.2 Å². The van der Waals surface area contributed by atoms with Gasteiger partial charge < -0.3 is 10.2 Å². The molecule has 0 fully saturated rings. The van der Waals surface area contributed by atoms with Crippen molar-refractivity contribution in [2.24, 2.45) is 0 Å². The molecule has 0 saturated heterocycles. The molecule has 31 heavy (non-hydrogen) atoms. The molecule has 2 aromatic carbocycles. The van der Waals surface area contributed by atoms with Gasteiger partial charge in [-0.1, -0.05) is 24.3 Å². The number of halogens is 1. The summed E-state index contributed by atoms with van der Waals surface area (Å²) in [5.41, 5.74) is 2.48. The highest BCUT2D eigenvalue weighted by Gasteiger charge is 2.26.